The van der Waals surface area contributed by atoms with Gasteiger partial charge in [-0.05, 0) is 31.6 Å². The third kappa shape index (κ3) is 1.74. The second-order valence-electron chi connectivity index (χ2n) is 4.08. The summed E-state index contributed by atoms with van der Waals surface area (Å²) in [5.41, 5.74) is 0. The summed E-state index contributed by atoms with van der Waals surface area (Å²) >= 11 is 2.28. The molecule has 1 heteroatoms. The lowest BCUT2D eigenvalue weighted by atomic mass is 9.95. The summed E-state index contributed by atoms with van der Waals surface area (Å²) in [6.07, 6.45) is 9.01. The molecule has 64 valence electrons. The van der Waals surface area contributed by atoms with Crippen LogP contribution in [0.1, 0.15) is 45.4 Å². The third-order valence-corrected chi connectivity index (χ3v) is 4.71. The van der Waals surface area contributed by atoms with Gasteiger partial charge in [0.05, 0.1) is 0 Å². The molecule has 2 rings (SSSR count). The van der Waals surface area contributed by atoms with Crippen molar-refractivity contribution in [3.05, 3.63) is 0 Å². The molecule has 0 N–H and O–H groups in total. The maximum absolute atomic E-state index is 2.32. The fraction of sp³-hybridized carbons (Fsp3) is 1.00. The van der Waals surface area contributed by atoms with Gasteiger partial charge in [0, 0.05) is 10.5 Å². The van der Waals surface area contributed by atoms with Gasteiger partial charge in [-0.15, -0.1) is 0 Å². The smallest absolute Gasteiger partial charge is 0.00528 e. The van der Waals surface area contributed by atoms with E-state index in [-0.39, 0.29) is 0 Å². The fourth-order valence-corrected chi connectivity index (χ4v) is 4.47. The Hall–Kier alpha value is 0.350. The zero-order chi connectivity index (χ0) is 7.68. The molecular weight excluding hydrogens is 152 g/mol. The van der Waals surface area contributed by atoms with Crippen LogP contribution in [0.4, 0.5) is 0 Å². The van der Waals surface area contributed by atoms with E-state index < -0.39 is 0 Å². The van der Waals surface area contributed by atoms with Crippen LogP contribution in [-0.4, -0.2) is 10.5 Å². The molecule has 0 radical (unpaired) electrons. The predicted molar refractivity (Wildman–Crippen MR) is 52.0 cm³/mol. The molecule has 0 aliphatic carbocycles. The zero-order valence-electron chi connectivity index (χ0n) is 7.38. The molecule has 2 fully saturated rings. The summed E-state index contributed by atoms with van der Waals surface area (Å²) < 4.78 is 0. The van der Waals surface area contributed by atoms with Gasteiger partial charge in [-0.2, -0.15) is 11.8 Å². The van der Waals surface area contributed by atoms with Crippen LogP contribution in [-0.2, 0) is 0 Å². The molecule has 0 spiro atoms. The zero-order valence-corrected chi connectivity index (χ0v) is 8.20. The first-order valence-electron chi connectivity index (χ1n) is 5.04. The topological polar surface area (TPSA) is 0 Å². The maximum atomic E-state index is 2.32. The second-order valence-corrected chi connectivity index (χ2v) is 5.69. The summed E-state index contributed by atoms with van der Waals surface area (Å²) in [4.78, 5) is 0. The first-order valence-corrected chi connectivity index (χ1v) is 5.98. The summed E-state index contributed by atoms with van der Waals surface area (Å²) in [6, 6.07) is 0. The number of thioether (sulfide) groups is 1. The van der Waals surface area contributed by atoms with E-state index in [1.807, 2.05) is 0 Å². The van der Waals surface area contributed by atoms with Gasteiger partial charge in [0.15, 0.2) is 0 Å². The van der Waals surface area contributed by atoms with E-state index in [4.69, 9.17) is 0 Å². The Balaban J connectivity index is 1.87. The SMILES string of the molecule is CCCC1CC2CCC(C1)S2. The molecule has 2 aliphatic heterocycles. The van der Waals surface area contributed by atoms with Crippen molar-refractivity contribution in [1.82, 2.24) is 0 Å². The van der Waals surface area contributed by atoms with Crippen molar-refractivity contribution in [3.63, 3.8) is 0 Å². The highest BCUT2D eigenvalue weighted by Crippen LogP contribution is 2.46. The van der Waals surface area contributed by atoms with Crippen LogP contribution in [0.15, 0.2) is 0 Å². The van der Waals surface area contributed by atoms with Gasteiger partial charge in [0.2, 0.25) is 0 Å². The van der Waals surface area contributed by atoms with Gasteiger partial charge >= 0.3 is 0 Å². The molecule has 2 atom stereocenters. The fourth-order valence-electron chi connectivity index (χ4n) is 2.61. The van der Waals surface area contributed by atoms with Crippen LogP contribution in [0.25, 0.3) is 0 Å². The van der Waals surface area contributed by atoms with Gasteiger partial charge in [0.1, 0.15) is 0 Å². The van der Waals surface area contributed by atoms with Crippen molar-refractivity contribution in [3.8, 4) is 0 Å². The minimum absolute atomic E-state index is 1.06. The molecule has 0 amide bonds. The number of fused-ring (bicyclic) bond motifs is 2. The maximum Gasteiger partial charge on any atom is 0.00528 e. The summed E-state index contributed by atoms with van der Waals surface area (Å²) in [5, 5.41) is 2.12. The van der Waals surface area contributed by atoms with E-state index in [2.05, 4.69) is 18.7 Å². The van der Waals surface area contributed by atoms with Crippen LogP contribution in [0.2, 0.25) is 0 Å². The molecule has 11 heavy (non-hydrogen) atoms. The standard InChI is InChI=1S/C10H18S/c1-2-3-8-6-9-4-5-10(7-8)11-9/h8-10H,2-7H2,1H3. The van der Waals surface area contributed by atoms with Crippen LogP contribution < -0.4 is 0 Å². The van der Waals surface area contributed by atoms with Crippen molar-refractivity contribution in [2.75, 3.05) is 0 Å². The quantitative estimate of drug-likeness (QED) is 0.611. The van der Waals surface area contributed by atoms with Gasteiger partial charge in [0.25, 0.3) is 0 Å². The first-order chi connectivity index (χ1) is 5.38. The van der Waals surface area contributed by atoms with Crippen LogP contribution in [0.3, 0.4) is 0 Å². The highest BCUT2D eigenvalue weighted by Gasteiger charge is 2.33. The predicted octanol–water partition coefficient (Wildman–Crippen LogP) is 3.46. The van der Waals surface area contributed by atoms with E-state index in [9.17, 15) is 0 Å². The Morgan fingerprint density at radius 1 is 1.18 bits per heavy atom. The van der Waals surface area contributed by atoms with Crippen molar-refractivity contribution < 1.29 is 0 Å². The molecule has 2 saturated heterocycles. The monoisotopic (exact) mass is 170 g/mol. The van der Waals surface area contributed by atoms with Gasteiger partial charge in [-0.25, -0.2) is 0 Å². The van der Waals surface area contributed by atoms with E-state index in [0.717, 1.165) is 16.4 Å². The van der Waals surface area contributed by atoms with Crippen LogP contribution >= 0.6 is 11.8 Å². The summed E-state index contributed by atoms with van der Waals surface area (Å²) in [6.45, 7) is 2.32. The van der Waals surface area contributed by atoms with Crippen LogP contribution in [0, 0.1) is 5.92 Å². The highest BCUT2D eigenvalue weighted by atomic mass is 32.2. The highest BCUT2D eigenvalue weighted by molar-refractivity contribution is 8.00. The lowest BCUT2D eigenvalue weighted by Crippen LogP contribution is -2.16. The Morgan fingerprint density at radius 2 is 1.82 bits per heavy atom. The molecule has 0 aromatic rings. The lowest BCUT2D eigenvalue weighted by molar-refractivity contribution is 0.418. The molecule has 0 aromatic carbocycles. The molecule has 2 unspecified atom stereocenters. The Labute approximate surface area is 74.1 Å². The van der Waals surface area contributed by atoms with E-state index in [0.29, 0.717) is 0 Å². The van der Waals surface area contributed by atoms with Crippen molar-refractivity contribution >= 4 is 11.8 Å². The second kappa shape index (κ2) is 3.38. The number of hydrogen-bond acceptors (Lipinski definition) is 1. The Kier molecular flexibility index (Phi) is 2.45. The van der Waals surface area contributed by atoms with Crippen molar-refractivity contribution in [2.45, 2.75) is 55.9 Å². The van der Waals surface area contributed by atoms with E-state index >= 15 is 0 Å². The van der Waals surface area contributed by atoms with Gasteiger partial charge in [-0.1, -0.05) is 19.8 Å². The largest absolute Gasteiger partial charge is 0.155 e. The van der Waals surface area contributed by atoms with E-state index in [1.165, 1.54) is 38.5 Å². The van der Waals surface area contributed by atoms with Crippen molar-refractivity contribution in [2.24, 2.45) is 5.92 Å². The minimum atomic E-state index is 1.06. The number of rotatable bonds is 2. The molecular formula is C10H18S. The molecule has 2 heterocycles. The molecule has 0 nitrogen and oxygen atoms in total. The normalized spacial score (nSPS) is 42.8. The van der Waals surface area contributed by atoms with Crippen LogP contribution in [0.5, 0.6) is 0 Å². The lowest BCUT2D eigenvalue weighted by Gasteiger charge is -2.26. The molecule has 0 saturated carbocycles. The first kappa shape index (κ1) is 7.97. The molecule has 2 aliphatic rings. The Bertz CT molecular complexity index is 121. The number of hydrogen-bond donors (Lipinski definition) is 0. The average Bonchev–Trinajstić information content (AvgIpc) is 2.32. The van der Waals surface area contributed by atoms with Gasteiger partial charge in [-0.3, -0.25) is 0 Å². The van der Waals surface area contributed by atoms with Crippen molar-refractivity contribution in [1.29, 1.82) is 0 Å². The summed E-state index contributed by atoms with van der Waals surface area (Å²) in [7, 11) is 0. The average molecular weight is 170 g/mol. The minimum Gasteiger partial charge on any atom is -0.155 e. The van der Waals surface area contributed by atoms with E-state index in [1.54, 1.807) is 0 Å². The summed E-state index contributed by atoms with van der Waals surface area (Å²) in [5.74, 6) is 1.10. The molecule has 0 aromatic heterocycles. The van der Waals surface area contributed by atoms with Gasteiger partial charge < -0.3 is 0 Å². The Morgan fingerprint density at radius 3 is 2.36 bits per heavy atom. The molecule has 2 bridgehead atoms. The third-order valence-electron chi connectivity index (χ3n) is 3.08.